The van der Waals surface area contributed by atoms with Crippen molar-refractivity contribution in [3.8, 4) is 0 Å². The van der Waals surface area contributed by atoms with E-state index in [0.717, 1.165) is 16.8 Å². The molecule has 2 saturated carbocycles. The Hall–Kier alpha value is -1.94. The number of sulfone groups is 1. The number of rotatable bonds is 8. The van der Waals surface area contributed by atoms with Crippen LogP contribution in [-0.2, 0) is 22.9 Å². The number of aliphatic hydroxyl groups is 1. The quantitative estimate of drug-likeness (QED) is 0.639. The second-order valence-corrected chi connectivity index (χ2v) is 10.7. The monoisotopic (exact) mass is 424 g/mol. The smallest absolute Gasteiger partial charge is 0.332 e. The van der Waals surface area contributed by atoms with Crippen LogP contribution in [0.25, 0.3) is 11.2 Å². The molecule has 0 saturated heterocycles. The standard InChI is InChI=1S/C19H28N4O5S/c1-2-5-23-18(25)15-17(22(19(23)26)6-8-29(27,28)9-7-24)21-16(20-15)14-11-12-3-4-13(14)10-12/h12-14,24H,2-11H2,1H3,(H,20,21). The summed E-state index contributed by atoms with van der Waals surface area (Å²) < 4.78 is 26.6. The van der Waals surface area contributed by atoms with Crippen LogP contribution >= 0.6 is 0 Å². The van der Waals surface area contributed by atoms with Gasteiger partial charge < -0.3 is 10.1 Å². The van der Waals surface area contributed by atoms with Crippen LogP contribution in [0.1, 0.15) is 50.8 Å². The summed E-state index contributed by atoms with van der Waals surface area (Å²) in [4.78, 5) is 33.7. The number of aryl methyl sites for hydroxylation is 1. The van der Waals surface area contributed by atoms with Gasteiger partial charge in [0.25, 0.3) is 5.56 Å². The van der Waals surface area contributed by atoms with Crippen LogP contribution in [0, 0.1) is 11.8 Å². The van der Waals surface area contributed by atoms with Crippen molar-refractivity contribution in [1.29, 1.82) is 0 Å². The summed E-state index contributed by atoms with van der Waals surface area (Å²) in [7, 11) is -3.50. The number of aliphatic hydroxyl groups excluding tert-OH is 1. The van der Waals surface area contributed by atoms with E-state index >= 15 is 0 Å². The highest BCUT2D eigenvalue weighted by molar-refractivity contribution is 7.91. The summed E-state index contributed by atoms with van der Waals surface area (Å²) >= 11 is 0. The Morgan fingerprint density at radius 1 is 1.14 bits per heavy atom. The SMILES string of the molecule is CCCn1c(=O)c2[nH]c(C3CC4CCC3C4)nc2n(CCS(=O)(=O)CCO)c1=O. The van der Waals surface area contributed by atoms with E-state index < -0.39 is 27.7 Å². The maximum Gasteiger partial charge on any atom is 0.332 e. The van der Waals surface area contributed by atoms with E-state index in [1.807, 2.05) is 6.92 Å². The number of hydrogen-bond donors (Lipinski definition) is 2. The van der Waals surface area contributed by atoms with Gasteiger partial charge in [-0.1, -0.05) is 13.3 Å². The van der Waals surface area contributed by atoms with E-state index in [4.69, 9.17) is 5.11 Å². The van der Waals surface area contributed by atoms with E-state index in [9.17, 15) is 18.0 Å². The molecule has 2 bridgehead atoms. The summed E-state index contributed by atoms with van der Waals surface area (Å²) in [5.74, 6) is 1.63. The number of nitrogens with one attached hydrogen (secondary N) is 1. The average Bonchev–Trinajstić information content (AvgIpc) is 3.40. The van der Waals surface area contributed by atoms with Crippen LogP contribution < -0.4 is 11.2 Å². The zero-order valence-electron chi connectivity index (χ0n) is 16.6. The zero-order chi connectivity index (χ0) is 20.8. The Bertz CT molecular complexity index is 1130. The van der Waals surface area contributed by atoms with Crippen LogP contribution in [-0.4, -0.2) is 50.7 Å². The summed E-state index contributed by atoms with van der Waals surface area (Å²) in [6.45, 7) is 1.58. The number of imidazole rings is 1. The van der Waals surface area contributed by atoms with Crippen molar-refractivity contribution in [3.63, 3.8) is 0 Å². The van der Waals surface area contributed by atoms with E-state index in [-0.39, 0.29) is 41.7 Å². The van der Waals surface area contributed by atoms with Crippen LogP contribution in [0.2, 0.25) is 0 Å². The largest absolute Gasteiger partial charge is 0.395 e. The Morgan fingerprint density at radius 2 is 1.93 bits per heavy atom. The predicted molar refractivity (Wildman–Crippen MR) is 109 cm³/mol. The highest BCUT2D eigenvalue weighted by Crippen LogP contribution is 2.52. The van der Waals surface area contributed by atoms with Crippen molar-refractivity contribution < 1.29 is 13.5 Å². The summed E-state index contributed by atoms with van der Waals surface area (Å²) in [6.07, 6.45) is 5.25. The molecule has 2 N–H and O–H groups in total. The number of hydrogen-bond acceptors (Lipinski definition) is 6. The molecule has 3 unspecified atom stereocenters. The topological polar surface area (TPSA) is 127 Å². The van der Waals surface area contributed by atoms with Crippen LogP contribution in [0.3, 0.4) is 0 Å². The fourth-order valence-electron chi connectivity index (χ4n) is 5.03. The Kier molecular flexibility index (Phi) is 5.41. The first-order valence-electron chi connectivity index (χ1n) is 10.4. The molecule has 29 heavy (non-hydrogen) atoms. The lowest BCUT2D eigenvalue weighted by molar-refractivity contribution is 0.319. The van der Waals surface area contributed by atoms with Gasteiger partial charge in [0.05, 0.1) is 18.1 Å². The maximum atomic E-state index is 13.0. The molecule has 9 nitrogen and oxygen atoms in total. The van der Waals surface area contributed by atoms with Crippen molar-refractivity contribution in [3.05, 3.63) is 26.7 Å². The third-order valence-corrected chi connectivity index (χ3v) is 8.05. The fraction of sp³-hybridized carbons (Fsp3) is 0.737. The minimum absolute atomic E-state index is 0.0946. The van der Waals surface area contributed by atoms with Gasteiger partial charge in [0, 0.05) is 19.0 Å². The molecule has 2 heterocycles. The van der Waals surface area contributed by atoms with Gasteiger partial charge in [-0.25, -0.2) is 18.2 Å². The van der Waals surface area contributed by atoms with Crippen molar-refractivity contribution in [2.45, 2.75) is 58.0 Å². The predicted octanol–water partition coefficient (Wildman–Crippen LogP) is 0.607. The molecule has 0 aliphatic heterocycles. The summed E-state index contributed by atoms with van der Waals surface area (Å²) in [5, 5.41) is 8.94. The lowest BCUT2D eigenvalue weighted by atomic mass is 9.88. The molecular weight excluding hydrogens is 396 g/mol. The number of H-pyrrole nitrogens is 1. The van der Waals surface area contributed by atoms with Gasteiger partial charge in [-0.2, -0.15) is 0 Å². The van der Waals surface area contributed by atoms with Gasteiger partial charge in [-0.15, -0.1) is 0 Å². The van der Waals surface area contributed by atoms with Gasteiger partial charge in [-0.05, 0) is 37.5 Å². The number of nitrogens with zero attached hydrogens (tertiary/aromatic N) is 3. The molecule has 2 aromatic heterocycles. The van der Waals surface area contributed by atoms with Crippen molar-refractivity contribution >= 4 is 21.0 Å². The van der Waals surface area contributed by atoms with E-state index in [1.54, 1.807) is 0 Å². The molecule has 0 radical (unpaired) electrons. The minimum atomic E-state index is -3.50. The normalized spacial score (nSPS) is 24.0. The van der Waals surface area contributed by atoms with E-state index in [1.165, 1.54) is 23.8 Å². The highest BCUT2D eigenvalue weighted by atomic mass is 32.2. The van der Waals surface area contributed by atoms with Gasteiger partial charge in [0.2, 0.25) is 0 Å². The first kappa shape index (κ1) is 20.3. The van der Waals surface area contributed by atoms with Gasteiger partial charge in [-0.3, -0.25) is 13.9 Å². The number of aromatic nitrogens is 4. The average molecular weight is 425 g/mol. The van der Waals surface area contributed by atoms with Crippen LogP contribution in [0.15, 0.2) is 9.59 Å². The molecule has 160 valence electrons. The molecule has 10 heteroatoms. The van der Waals surface area contributed by atoms with Crippen molar-refractivity contribution in [2.24, 2.45) is 11.8 Å². The Balaban J connectivity index is 1.79. The van der Waals surface area contributed by atoms with E-state index in [2.05, 4.69) is 9.97 Å². The van der Waals surface area contributed by atoms with Gasteiger partial charge in [0.15, 0.2) is 15.5 Å². The van der Waals surface area contributed by atoms with Crippen LogP contribution in [0.5, 0.6) is 0 Å². The zero-order valence-corrected chi connectivity index (χ0v) is 17.4. The van der Waals surface area contributed by atoms with Gasteiger partial charge >= 0.3 is 5.69 Å². The maximum absolute atomic E-state index is 13.0. The van der Waals surface area contributed by atoms with Crippen molar-refractivity contribution in [1.82, 2.24) is 19.1 Å². The number of fused-ring (bicyclic) bond motifs is 3. The molecule has 4 rings (SSSR count). The second kappa shape index (κ2) is 7.71. The molecule has 3 atom stereocenters. The Labute approximate surface area is 168 Å². The summed E-state index contributed by atoms with van der Waals surface area (Å²) in [5.41, 5.74) is -0.419. The first-order chi connectivity index (χ1) is 13.8. The van der Waals surface area contributed by atoms with E-state index in [0.29, 0.717) is 18.3 Å². The molecule has 2 aliphatic carbocycles. The second-order valence-electron chi connectivity index (χ2n) is 8.37. The highest BCUT2D eigenvalue weighted by Gasteiger charge is 2.41. The minimum Gasteiger partial charge on any atom is -0.395 e. The van der Waals surface area contributed by atoms with Gasteiger partial charge in [0.1, 0.15) is 11.3 Å². The molecule has 0 aromatic carbocycles. The fourth-order valence-corrected chi connectivity index (χ4v) is 5.98. The lowest BCUT2D eigenvalue weighted by Gasteiger charge is -2.18. The third-order valence-electron chi connectivity index (χ3n) is 6.44. The first-order valence-corrected chi connectivity index (χ1v) is 12.2. The third kappa shape index (κ3) is 3.68. The summed E-state index contributed by atoms with van der Waals surface area (Å²) in [6, 6.07) is 0. The molecule has 2 aromatic rings. The molecule has 2 fully saturated rings. The molecular formula is C19H28N4O5S. The number of aromatic amines is 1. The molecule has 2 aliphatic rings. The van der Waals surface area contributed by atoms with Crippen LogP contribution in [0.4, 0.5) is 0 Å². The van der Waals surface area contributed by atoms with Crippen molar-refractivity contribution in [2.75, 3.05) is 18.1 Å². The lowest BCUT2D eigenvalue weighted by Crippen LogP contribution is -2.41. The Morgan fingerprint density at radius 3 is 2.55 bits per heavy atom. The molecule has 0 spiro atoms. The molecule has 0 amide bonds.